The summed E-state index contributed by atoms with van der Waals surface area (Å²) >= 11 is 0. The molecule has 92 valence electrons. The van der Waals surface area contributed by atoms with Gasteiger partial charge in [0.2, 0.25) is 11.8 Å². The lowest BCUT2D eigenvalue weighted by molar-refractivity contribution is -0.385. The highest BCUT2D eigenvalue weighted by atomic mass is 16.6. The summed E-state index contributed by atoms with van der Waals surface area (Å²) in [7, 11) is 0. The van der Waals surface area contributed by atoms with E-state index in [9.17, 15) is 10.1 Å². The molecule has 3 N–H and O–H groups in total. The van der Waals surface area contributed by atoms with Crippen LogP contribution in [0, 0.1) is 28.9 Å². The third kappa shape index (κ3) is 2.43. The lowest BCUT2D eigenvalue weighted by Gasteiger charge is -2.07. The van der Waals surface area contributed by atoms with Crippen molar-refractivity contribution in [2.45, 2.75) is 20.3 Å². The number of hydrogen-bond donors (Lipinski definition) is 2. The molecule has 7 heteroatoms. The van der Waals surface area contributed by atoms with Crippen molar-refractivity contribution in [3.8, 4) is 0 Å². The molecule has 1 fully saturated rings. The molecule has 1 heterocycles. The molecule has 0 amide bonds. The van der Waals surface area contributed by atoms with E-state index in [1.165, 1.54) is 0 Å². The van der Waals surface area contributed by atoms with E-state index in [4.69, 9.17) is 5.73 Å². The van der Waals surface area contributed by atoms with Crippen LogP contribution in [0.5, 0.6) is 0 Å². The van der Waals surface area contributed by atoms with Gasteiger partial charge in [-0.05, 0) is 25.2 Å². The molecule has 17 heavy (non-hydrogen) atoms. The van der Waals surface area contributed by atoms with Gasteiger partial charge in [-0.15, -0.1) is 0 Å². The molecule has 2 rings (SSSR count). The quantitative estimate of drug-likeness (QED) is 0.604. The van der Waals surface area contributed by atoms with E-state index >= 15 is 0 Å². The first kappa shape index (κ1) is 11.6. The summed E-state index contributed by atoms with van der Waals surface area (Å²) in [5, 5.41) is 13.9. The van der Waals surface area contributed by atoms with E-state index in [-0.39, 0.29) is 23.1 Å². The van der Waals surface area contributed by atoms with E-state index in [1.807, 2.05) is 0 Å². The van der Waals surface area contributed by atoms with Gasteiger partial charge in [-0.1, -0.05) is 6.92 Å². The van der Waals surface area contributed by atoms with Crippen molar-refractivity contribution >= 4 is 17.5 Å². The Hall–Kier alpha value is -1.92. The van der Waals surface area contributed by atoms with Crippen molar-refractivity contribution in [3.63, 3.8) is 0 Å². The largest absolute Gasteiger partial charge is 0.368 e. The van der Waals surface area contributed by atoms with Gasteiger partial charge >= 0.3 is 5.69 Å². The fourth-order valence-corrected chi connectivity index (χ4v) is 1.84. The molecule has 0 bridgehead atoms. The van der Waals surface area contributed by atoms with Crippen LogP contribution in [-0.4, -0.2) is 21.4 Å². The number of rotatable bonds is 4. The van der Waals surface area contributed by atoms with Crippen LogP contribution in [0.25, 0.3) is 0 Å². The van der Waals surface area contributed by atoms with Crippen LogP contribution in [0.15, 0.2) is 0 Å². The van der Waals surface area contributed by atoms with Crippen LogP contribution in [0.1, 0.15) is 19.0 Å². The Kier molecular flexibility index (Phi) is 2.83. The summed E-state index contributed by atoms with van der Waals surface area (Å²) in [5.41, 5.74) is 5.69. The topological polar surface area (TPSA) is 107 Å². The summed E-state index contributed by atoms with van der Waals surface area (Å²) in [6, 6.07) is 0. The fraction of sp³-hybridized carbons (Fsp3) is 0.600. The molecule has 7 nitrogen and oxygen atoms in total. The van der Waals surface area contributed by atoms with Crippen LogP contribution in [0.3, 0.4) is 0 Å². The summed E-state index contributed by atoms with van der Waals surface area (Å²) in [6.07, 6.45) is 1.15. The number of anilines is 2. The highest BCUT2D eigenvalue weighted by molar-refractivity contribution is 5.60. The zero-order chi connectivity index (χ0) is 12.6. The predicted molar refractivity (Wildman–Crippen MR) is 63.6 cm³/mol. The van der Waals surface area contributed by atoms with E-state index in [0.29, 0.717) is 18.4 Å². The van der Waals surface area contributed by atoms with Crippen LogP contribution in [0.2, 0.25) is 0 Å². The third-order valence-electron chi connectivity index (χ3n) is 3.07. The first-order chi connectivity index (χ1) is 7.99. The maximum absolute atomic E-state index is 10.9. The molecule has 2 unspecified atom stereocenters. The molecule has 1 aliphatic carbocycles. The number of nitrogens with one attached hydrogen (secondary N) is 1. The van der Waals surface area contributed by atoms with Crippen molar-refractivity contribution in [3.05, 3.63) is 15.8 Å². The van der Waals surface area contributed by atoms with Crippen molar-refractivity contribution in [1.82, 2.24) is 9.97 Å². The Morgan fingerprint density at radius 2 is 2.24 bits per heavy atom. The van der Waals surface area contributed by atoms with Gasteiger partial charge in [0.1, 0.15) is 5.69 Å². The molecule has 0 aromatic carbocycles. The molecule has 1 aliphatic rings. The number of aryl methyl sites for hydroxylation is 1. The molecule has 0 saturated heterocycles. The predicted octanol–water partition coefficient (Wildman–Crippen LogP) is 1.34. The van der Waals surface area contributed by atoms with Crippen LogP contribution in [-0.2, 0) is 0 Å². The zero-order valence-electron chi connectivity index (χ0n) is 9.80. The number of hydrogen-bond acceptors (Lipinski definition) is 6. The smallest absolute Gasteiger partial charge is 0.332 e. The van der Waals surface area contributed by atoms with Crippen LogP contribution in [0.4, 0.5) is 17.5 Å². The van der Waals surface area contributed by atoms with Crippen LogP contribution < -0.4 is 11.1 Å². The minimum atomic E-state index is -0.479. The SMILES string of the molecule is Cc1nc(N)nc(NCC2CC2C)c1[N+](=O)[O-]. The number of nitrogens with two attached hydrogens (primary N) is 1. The first-order valence-electron chi connectivity index (χ1n) is 5.51. The van der Waals surface area contributed by atoms with Crippen LogP contribution >= 0.6 is 0 Å². The molecule has 0 aliphatic heterocycles. The molecular formula is C10H15N5O2. The average molecular weight is 237 g/mol. The number of nitrogen functional groups attached to an aromatic ring is 1. The Morgan fingerprint density at radius 1 is 1.59 bits per heavy atom. The molecule has 1 aromatic heterocycles. The summed E-state index contributed by atoms with van der Waals surface area (Å²) in [6.45, 7) is 4.40. The fourth-order valence-electron chi connectivity index (χ4n) is 1.84. The zero-order valence-corrected chi connectivity index (χ0v) is 9.80. The Labute approximate surface area is 98.6 Å². The second kappa shape index (κ2) is 4.15. The van der Waals surface area contributed by atoms with Gasteiger partial charge in [-0.3, -0.25) is 10.1 Å². The standard InChI is InChI=1S/C10H15N5O2/c1-5-3-7(5)4-12-9-8(15(16)17)6(2)13-10(11)14-9/h5,7H,3-4H2,1-2H3,(H3,11,12,13,14). The minimum absolute atomic E-state index is 0.0550. The highest BCUT2D eigenvalue weighted by Gasteiger charge is 2.33. The van der Waals surface area contributed by atoms with E-state index in [2.05, 4.69) is 22.2 Å². The van der Waals surface area contributed by atoms with E-state index in [0.717, 1.165) is 6.42 Å². The van der Waals surface area contributed by atoms with Gasteiger partial charge in [0, 0.05) is 6.54 Å². The second-order valence-corrected chi connectivity index (χ2v) is 4.48. The summed E-state index contributed by atoms with van der Waals surface area (Å²) < 4.78 is 0. The van der Waals surface area contributed by atoms with Gasteiger partial charge in [-0.25, -0.2) is 4.98 Å². The Balaban J connectivity index is 2.21. The second-order valence-electron chi connectivity index (χ2n) is 4.48. The normalized spacial score (nSPS) is 22.2. The van der Waals surface area contributed by atoms with Gasteiger partial charge < -0.3 is 11.1 Å². The van der Waals surface area contributed by atoms with Gasteiger partial charge in [0.05, 0.1) is 4.92 Å². The lowest BCUT2D eigenvalue weighted by atomic mass is 10.3. The molecule has 0 radical (unpaired) electrons. The summed E-state index contributed by atoms with van der Waals surface area (Å²) in [4.78, 5) is 18.1. The summed E-state index contributed by atoms with van der Waals surface area (Å²) in [5.74, 6) is 1.53. The molecule has 2 atom stereocenters. The molecule has 0 spiro atoms. The lowest BCUT2D eigenvalue weighted by Crippen LogP contribution is -2.11. The number of aromatic nitrogens is 2. The highest BCUT2D eigenvalue weighted by Crippen LogP contribution is 2.38. The minimum Gasteiger partial charge on any atom is -0.368 e. The maximum Gasteiger partial charge on any atom is 0.332 e. The first-order valence-corrected chi connectivity index (χ1v) is 5.51. The molecular weight excluding hydrogens is 222 g/mol. The number of nitrogens with zero attached hydrogens (tertiary/aromatic N) is 3. The maximum atomic E-state index is 10.9. The van der Waals surface area contributed by atoms with Gasteiger partial charge in [0.25, 0.3) is 0 Å². The van der Waals surface area contributed by atoms with Crippen molar-refractivity contribution in [1.29, 1.82) is 0 Å². The molecule has 1 aromatic rings. The third-order valence-corrected chi connectivity index (χ3v) is 3.07. The van der Waals surface area contributed by atoms with Gasteiger partial charge in [0.15, 0.2) is 0 Å². The van der Waals surface area contributed by atoms with Crippen molar-refractivity contribution in [2.24, 2.45) is 11.8 Å². The average Bonchev–Trinajstić information content (AvgIpc) is 2.89. The van der Waals surface area contributed by atoms with Crippen molar-refractivity contribution < 1.29 is 4.92 Å². The van der Waals surface area contributed by atoms with Crippen molar-refractivity contribution in [2.75, 3.05) is 17.6 Å². The van der Waals surface area contributed by atoms with Gasteiger partial charge in [-0.2, -0.15) is 4.98 Å². The molecule has 1 saturated carbocycles. The number of nitro groups is 1. The van der Waals surface area contributed by atoms with E-state index < -0.39 is 4.92 Å². The monoisotopic (exact) mass is 237 g/mol. The van der Waals surface area contributed by atoms with E-state index in [1.54, 1.807) is 6.92 Å². The Bertz CT molecular complexity index is 462. The Morgan fingerprint density at radius 3 is 2.76 bits per heavy atom.